The van der Waals surface area contributed by atoms with Crippen LogP contribution in [-0.4, -0.2) is 58.1 Å². The van der Waals surface area contributed by atoms with Crippen molar-refractivity contribution in [2.24, 2.45) is 0 Å². The molecule has 3 heterocycles. The lowest BCUT2D eigenvalue weighted by atomic mass is 10.2. The third-order valence-electron chi connectivity index (χ3n) is 3.67. The molecule has 5 atom stereocenters. The number of thiol groups is 1. The SMILES string of the molecule is Nc1ncnc2c1ncn2C1OC(COP(=O)(S)OP(=O)(O)OP(=O)(O)O)CC1O. The van der Waals surface area contributed by atoms with Crippen molar-refractivity contribution in [3.05, 3.63) is 12.7 Å². The molecule has 0 spiro atoms. The van der Waals surface area contributed by atoms with E-state index in [4.69, 9.17) is 24.8 Å². The summed E-state index contributed by atoms with van der Waals surface area (Å²) in [6.45, 7) is -5.12. The number of rotatable bonds is 8. The van der Waals surface area contributed by atoms with Gasteiger partial charge >= 0.3 is 22.4 Å². The fraction of sp³-hybridized carbons (Fsp3) is 0.500. The van der Waals surface area contributed by atoms with Crippen LogP contribution in [0.2, 0.25) is 0 Å². The number of fused-ring (bicyclic) bond motifs is 1. The summed E-state index contributed by atoms with van der Waals surface area (Å²) < 4.78 is 53.6. The van der Waals surface area contributed by atoms with E-state index in [1.165, 1.54) is 17.2 Å². The molecule has 5 unspecified atom stereocenters. The summed E-state index contributed by atoms with van der Waals surface area (Å²) in [5.41, 5.74) is 6.30. The minimum Gasteiger partial charge on any atom is -0.388 e. The zero-order valence-electron chi connectivity index (χ0n) is 14.6. The number of aliphatic hydroxyl groups excluding tert-OH is 1. The molecule has 30 heavy (non-hydrogen) atoms. The summed E-state index contributed by atoms with van der Waals surface area (Å²) in [4.78, 5) is 38.2. The third kappa shape index (κ3) is 5.85. The molecule has 2 aromatic rings. The number of nitrogens with two attached hydrogens (primary N) is 1. The predicted octanol–water partition coefficient (Wildman–Crippen LogP) is 0.338. The Hall–Kier alpha value is -0.930. The second-order valence-electron chi connectivity index (χ2n) is 5.92. The molecule has 0 aliphatic carbocycles. The van der Waals surface area contributed by atoms with Crippen molar-refractivity contribution < 1.29 is 51.4 Å². The van der Waals surface area contributed by atoms with Crippen LogP contribution >= 0.6 is 34.7 Å². The Bertz CT molecular complexity index is 1080. The second kappa shape index (κ2) is 8.54. The van der Waals surface area contributed by atoms with Crippen molar-refractivity contribution in [1.82, 2.24) is 19.5 Å². The first kappa shape index (κ1) is 23.7. The van der Waals surface area contributed by atoms with E-state index in [0.29, 0.717) is 11.2 Å². The minimum atomic E-state index is -5.45. The Morgan fingerprint density at radius 3 is 2.60 bits per heavy atom. The van der Waals surface area contributed by atoms with Gasteiger partial charge in [-0.05, 0) is 0 Å². The molecule has 1 saturated heterocycles. The van der Waals surface area contributed by atoms with Crippen LogP contribution < -0.4 is 5.73 Å². The zero-order valence-corrected chi connectivity index (χ0v) is 18.2. The van der Waals surface area contributed by atoms with Crippen molar-refractivity contribution in [3.63, 3.8) is 0 Å². The number of ether oxygens (including phenoxy) is 1. The monoisotopic (exact) mass is 507 g/mol. The third-order valence-corrected chi connectivity index (χ3v) is 8.47. The number of aliphatic hydroxyl groups is 1. The molecule has 20 heteroatoms. The summed E-state index contributed by atoms with van der Waals surface area (Å²) >= 11 is 3.45. The van der Waals surface area contributed by atoms with Crippen LogP contribution in [0.25, 0.3) is 11.2 Å². The molecule has 6 N–H and O–H groups in total. The molecule has 0 saturated carbocycles. The molecule has 0 aromatic carbocycles. The molecule has 0 bridgehead atoms. The van der Waals surface area contributed by atoms with Gasteiger partial charge < -0.3 is 30.3 Å². The summed E-state index contributed by atoms with van der Waals surface area (Å²) in [6.07, 6.45) is -0.352. The van der Waals surface area contributed by atoms with Gasteiger partial charge in [-0.15, -0.1) is 0 Å². The standard InChI is InChI=1S/C10H16N5O11P3S/c11-8-7-9(13-3-12-8)15(4-14-7)10-6(16)1-5(24-10)2-23-29(22,30)26-28(20,21)25-27(17,18)19/h3-6,10,16H,1-2H2,(H,20,21)(H,22,30)(H2,11,12,13)(H2,17,18,19). The highest BCUT2D eigenvalue weighted by Crippen LogP contribution is 2.69. The lowest BCUT2D eigenvalue weighted by Gasteiger charge is -2.19. The highest BCUT2D eigenvalue weighted by atomic mass is 32.7. The van der Waals surface area contributed by atoms with Crippen LogP contribution in [0.4, 0.5) is 5.82 Å². The molecular formula is C10H16N5O11P3S. The van der Waals surface area contributed by atoms with E-state index in [2.05, 4.69) is 35.8 Å². The number of imidazole rings is 1. The number of hydrogen-bond donors (Lipinski definition) is 6. The van der Waals surface area contributed by atoms with E-state index in [9.17, 15) is 23.7 Å². The van der Waals surface area contributed by atoms with Gasteiger partial charge in [0, 0.05) is 6.42 Å². The van der Waals surface area contributed by atoms with Crippen LogP contribution in [0, 0.1) is 0 Å². The van der Waals surface area contributed by atoms with Gasteiger partial charge in [-0.2, -0.15) is 8.62 Å². The molecule has 2 aromatic heterocycles. The van der Waals surface area contributed by atoms with Crippen LogP contribution in [0.15, 0.2) is 12.7 Å². The smallest absolute Gasteiger partial charge is 0.388 e. The number of aromatic nitrogens is 4. The van der Waals surface area contributed by atoms with Crippen LogP contribution in [-0.2, 0) is 31.6 Å². The minimum absolute atomic E-state index is 0.00550. The average molecular weight is 507 g/mol. The molecule has 16 nitrogen and oxygen atoms in total. The van der Waals surface area contributed by atoms with Crippen LogP contribution in [0.5, 0.6) is 0 Å². The Kier molecular flexibility index (Phi) is 6.76. The first-order valence-electron chi connectivity index (χ1n) is 7.81. The molecule has 1 fully saturated rings. The number of anilines is 1. The Labute approximate surface area is 172 Å². The van der Waals surface area contributed by atoms with Gasteiger partial charge in [0.05, 0.1) is 19.0 Å². The van der Waals surface area contributed by atoms with E-state index in [1.807, 2.05) is 0 Å². The van der Waals surface area contributed by atoms with Gasteiger partial charge in [0.1, 0.15) is 17.9 Å². The van der Waals surface area contributed by atoms with Crippen LogP contribution in [0.1, 0.15) is 12.6 Å². The number of nitrogens with zero attached hydrogens (tertiary/aromatic N) is 4. The Morgan fingerprint density at radius 2 is 1.93 bits per heavy atom. The summed E-state index contributed by atoms with van der Waals surface area (Å²) in [5, 5.41) is 10.3. The van der Waals surface area contributed by atoms with Gasteiger partial charge in [-0.3, -0.25) is 9.09 Å². The Balaban J connectivity index is 1.63. The van der Waals surface area contributed by atoms with E-state index in [0.717, 1.165) is 0 Å². The lowest BCUT2D eigenvalue weighted by Crippen LogP contribution is -2.19. The molecule has 168 valence electrons. The van der Waals surface area contributed by atoms with Gasteiger partial charge in [-0.25, -0.2) is 28.6 Å². The first-order chi connectivity index (χ1) is 13.8. The molecular weight excluding hydrogens is 491 g/mol. The largest absolute Gasteiger partial charge is 0.488 e. The summed E-state index contributed by atoms with van der Waals surface area (Å²) in [7, 11) is -10.9. The van der Waals surface area contributed by atoms with E-state index < -0.39 is 47.5 Å². The number of phosphoric acid groups is 2. The molecule has 1 aliphatic rings. The highest BCUT2D eigenvalue weighted by Gasteiger charge is 2.41. The summed E-state index contributed by atoms with van der Waals surface area (Å²) in [6, 6.07) is 0. The second-order valence-corrected chi connectivity index (χ2v) is 11.8. The van der Waals surface area contributed by atoms with Crippen molar-refractivity contribution in [3.8, 4) is 0 Å². The van der Waals surface area contributed by atoms with Crippen molar-refractivity contribution >= 4 is 51.7 Å². The fourth-order valence-corrected chi connectivity index (χ4v) is 6.70. The van der Waals surface area contributed by atoms with Crippen LogP contribution in [0.3, 0.4) is 0 Å². The topological polar surface area (TPSA) is 239 Å². The van der Waals surface area contributed by atoms with Crippen molar-refractivity contribution in [2.75, 3.05) is 12.3 Å². The van der Waals surface area contributed by atoms with E-state index in [1.54, 1.807) is 0 Å². The van der Waals surface area contributed by atoms with Gasteiger partial charge in [0.25, 0.3) is 0 Å². The van der Waals surface area contributed by atoms with E-state index in [-0.39, 0.29) is 12.2 Å². The van der Waals surface area contributed by atoms with Crippen molar-refractivity contribution in [1.29, 1.82) is 0 Å². The normalized spacial score (nSPS) is 26.5. The summed E-state index contributed by atoms with van der Waals surface area (Å²) in [5.74, 6) is 0.130. The molecule has 1 aliphatic heterocycles. The van der Waals surface area contributed by atoms with Gasteiger partial charge in [0.15, 0.2) is 17.7 Å². The van der Waals surface area contributed by atoms with Crippen molar-refractivity contribution in [2.45, 2.75) is 24.9 Å². The maximum Gasteiger partial charge on any atom is 0.488 e. The predicted molar refractivity (Wildman–Crippen MR) is 101 cm³/mol. The van der Waals surface area contributed by atoms with E-state index >= 15 is 0 Å². The van der Waals surface area contributed by atoms with Gasteiger partial charge in [-0.1, -0.05) is 12.2 Å². The Morgan fingerprint density at radius 1 is 1.23 bits per heavy atom. The highest BCUT2D eigenvalue weighted by molar-refractivity contribution is 8.45. The average Bonchev–Trinajstić information content (AvgIpc) is 3.13. The number of hydrogen-bond acceptors (Lipinski definition) is 12. The zero-order chi connectivity index (χ0) is 22.3. The molecule has 0 radical (unpaired) electrons. The van der Waals surface area contributed by atoms with Gasteiger partial charge in [0.2, 0.25) is 0 Å². The molecule has 0 amide bonds. The maximum absolute atomic E-state index is 12.1. The maximum atomic E-state index is 12.1. The first-order valence-corrected chi connectivity index (χ1v) is 13.5. The number of nitrogen functional groups attached to an aromatic ring is 1. The molecule has 3 rings (SSSR count). The fourth-order valence-electron chi connectivity index (χ4n) is 2.62. The lowest BCUT2D eigenvalue weighted by molar-refractivity contribution is -0.0461. The quantitative estimate of drug-likeness (QED) is 0.208.